The molecular weight excluding hydrogens is 362 g/mol. The van der Waals surface area contributed by atoms with Crippen LogP contribution in [-0.2, 0) is 6.54 Å². The van der Waals surface area contributed by atoms with Crippen LogP contribution in [0, 0.1) is 0 Å². The fraction of sp³-hybridized carbons (Fsp3) is 0.292. The number of piperazine rings is 1. The second-order valence-corrected chi connectivity index (χ2v) is 7.19. The highest BCUT2D eigenvalue weighted by Gasteiger charge is 2.25. The van der Waals surface area contributed by atoms with Crippen LogP contribution >= 0.6 is 0 Å². The Hall–Kier alpha value is -3.21. The van der Waals surface area contributed by atoms with E-state index in [1.165, 1.54) is 5.56 Å². The summed E-state index contributed by atoms with van der Waals surface area (Å²) in [6, 6.07) is 22.2. The third-order valence-electron chi connectivity index (χ3n) is 5.32. The van der Waals surface area contributed by atoms with Gasteiger partial charge in [-0.3, -0.25) is 4.79 Å². The minimum Gasteiger partial charge on any atom is -0.492 e. The predicted molar refractivity (Wildman–Crippen MR) is 116 cm³/mol. The van der Waals surface area contributed by atoms with Crippen molar-refractivity contribution in [3.63, 3.8) is 0 Å². The van der Waals surface area contributed by atoms with E-state index in [0.29, 0.717) is 26.2 Å². The number of rotatable bonds is 6. The van der Waals surface area contributed by atoms with E-state index in [0.717, 1.165) is 30.2 Å². The van der Waals surface area contributed by atoms with Crippen molar-refractivity contribution in [1.29, 1.82) is 0 Å². The smallest absolute Gasteiger partial charge is 0.270 e. The normalized spacial score (nSPS) is 14.1. The van der Waals surface area contributed by atoms with Crippen LogP contribution in [0.5, 0.6) is 5.75 Å². The number of hydrogen-bond donors (Lipinski definition) is 0. The predicted octanol–water partition coefficient (Wildman–Crippen LogP) is 3.90. The number of anilines is 1. The molecule has 0 atom stereocenters. The maximum Gasteiger partial charge on any atom is 0.270 e. The zero-order chi connectivity index (χ0) is 20.1. The van der Waals surface area contributed by atoms with E-state index in [4.69, 9.17) is 4.74 Å². The Morgan fingerprint density at radius 3 is 2.38 bits per heavy atom. The van der Waals surface area contributed by atoms with Crippen molar-refractivity contribution < 1.29 is 9.53 Å². The molecule has 1 aliphatic heterocycles. The summed E-state index contributed by atoms with van der Waals surface area (Å²) in [5, 5.41) is 0. The first-order chi connectivity index (χ1) is 14.3. The highest BCUT2D eigenvalue weighted by atomic mass is 16.5. The number of carbonyl (C=O) groups excluding carboxylic acids is 1. The summed E-state index contributed by atoms with van der Waals surface area (Å²) < 4.78 is 7.81. The monoisotopic (exact) mass is 389 g/mol. The van der Waals surface area contributed by atoms with E-state index in [1.54, 1.807) is 0 Å². The summed E-state index contributed by atoms with van der Waals surface area (Å²) in [5.41, 5.74) is 3.04. The molecule has 0 N–H and O–H groups in total. The Balaban J connectivity index is 1.42. The molecule has 4 rings (SSSR count). The van der Waals surface area contributed by atoms with Gasteiger partial charge in [-0.15, -0.1) is 0 Å². The van der Waals surface area contributed by atoms with Gasteiger partial charge in [0.25, 0.3) is 5.91 Å². The van der Waals surface area contributed by atoms with Crippen LogP contribution in [0.15, 0.2) is 72.9 Å². The summed E-state index contributed by atoms with van der Waals surface area (Å²) in [7, 11) is 0. The quantitative estimate of drug-likeness (QED) is 0.642. The van der Waals surface area contributed by atoms with Crippen molar-refractivity contribution in [3.8, 4) is 5.75 Å². The number of ether oxygens (including phenoxy) is 1. The summed E-state index contributed by atoms with van der Waals surface area (Å²) in [4.78, 5) is 17.4. The minimum atomic E-state index is 0.101. The van der Waals surface area contributed by atoms with E-state index < -0.39 is 0 Å². The van der Waals surface area contributed by atoms with Gasteiger partial charge in [-0.2, -0.15) is 0 Å². The minimum absolute atomic E-state index is 0.101. The van der Waals surface area contributed by atoms with Gasteiger partial charge in [0.15, 0.2) is 0 Å². The van der Waals surface area contributed by atoms with Crippen molar-refractivity contribution in [2.24, 2.45) is 0 Å². The van der Waals surface area contributed by atoms with Crippen molar-refractivity contribution in [3.05, 3.63) is 84.2 Å². The van der Waals surface area contributed by atoms with E-state index in [1.807, 2.05) is 71.1 Å². The van der Waals surface area contributed by atoms with Gasteiger partial charge in [0.05, 0.1) is 12.3 Å². The van der Waals surface area contributed by atoms with E-state index >= 15 is 0 Å². The molecule has 5 nitrogen and oxygen atoms in total. The first-order valence-electron chi connectivity index (χ1n) is 10.2. The molecule has 1 aliphatic rings. The number of hydrogen-bond acceptors (Lipinski definition) is 3. The van der Waals surface area contributed by atoms with E-state index in [-0.39, 0.29) is 5.91 Å². The number of amides is 1. The van der Waals surface area contributed by atoms with Crippen molar-refractivity contribution in [1.82, 2.24) is 9.47 Å². The first-order valence-corrected chi connectivity index (χ1v) is 10.2. The third-order valence-corrected chi connectivity index (χ3v) is 5.32. The average molecular weight is 389 g/mol. The molecule has 2 aromatic carbocycles. The molecule has 5 heteroatoms. The van der Waals surface area contributed by atoms with Crippen LogP contribution < -0.4 is 9.64 Å². The fourth-order valence-corrected chi connectivity index (χ4v) is 3.83. The molecule has 0 unspecified atom stereocenters. The number of carbonyl (C=O) groups is 1. The molecule has 0 saturated carbocycles. The SMILES string of the molecule is CCOc1ccccc1N1CCN(C(=O)c2cccn2Cc2ccccc2)CC1. The maximum absolute atomic E-state index is 13.1. The maximum atomic E-state index is 13.1. The molecule has 1 saturated heterocycles. The van der Waals surface area contributed by atoms with Crippen LogP contribution in [-0.4, -0.2) is 48.2 Å². The summed E-state index contributed by atoms with van der Waals surface area (Å²) >= 11 is 0. The summed E-state index contributed by atoms with van der Waals surface area (Å²) in [5.74, 6) is 1.01. The second-order valence-electron chi connectivity index (χ2n) is 7.19. The van der Waals surface area contributed by atoms with E-state index in [9.17, 15) is 4.79 Å². The standard InChI is InChI=1S/C24H27N3O2/c1-2-29-23-13-7-6-11-21(23)25-15-17-26(18-16-25)24(28)22-12-8-14-27(22)19-20-9-4-3-5-10-20/h3-14H,2,15-19H2,1H3. The molecule has 0 bridgehead atoms. The third kappa shape index (κ3) is 4.29. The van der Waals surface area contributed by atoms with Gasteiger partial charge in [-0.05, 0) is 36.8 Å². The van der Waals surface area contributed by atoms with Gasteiger partial charge in [0.1, 0.15) is 11.4 Å². The molecule has 0 spiro atoms. The van der Waals surface area contributed by atoms with Gasteiger partial charge in [0.2, 0.25) is 0 Å². The topological polar surface area (TPSA) is 37.7 Å². The Morgan fingerprint density at radius 2 is 1.62 bits per heavy atom. The average Bonchev–Trinajstić information content (AvgIpc) is 3.23. The molecule has 1 fully saturated rings. The van der Waals surface area contributed by atoms with Gasteiger partial charge in [0, 0.05) is 38.9 Å². The van der Waals surface area contributed by atoms with Crippen LogP contribution in [0.2, 0.25) is 0 Å². The molecule has 3 aromatic rings. The number of nitrogens with zero attached hydrogens (tertiary/aromatic N) is 3. The van der Waals surface area contributed by atoms with Gasteiger partial charge in [-0.25, -0.2) is 0 Å². The molecule has 0 aliphatic carbocycles. The Bertz CT molecular complexity index is 944. The Labute approximate surface area is 172 Å². The highest BCUT2D eigenvalue weighted by Crippen LogP contribution is 2.29. The lowest BCUT2D eigenvalue weighted by Crippen LogP contribution is -2.49. The summed E-state index contributed by atoms with van der Waals surface area (Å²) in [6.07, 6.45) is 1.98. The molecule has 150 valence electrons. The van der Waals surface area contributed by atoms with Crippen LogP contribution in [0.1, 0.15) is 23.0 Å². The number of benzene rings is 2. The van der Waals surface area contributed by atoms with E-state index in [2.05, 4.69) is 23.1 Å². The fourth-order valence-electron chi connectivity index (χ4n) is 3.83. The van der Waals surface area contributed by atoms with Crippen LogP contribution in [0.3, 0.4) is 0 Å². The molecule has 29 heavy (non-hydrogen) atoms. The molecule has 1 amide bonds. The van der Waals surface area contributed by atoms with Gasteiger partial charge < -0.3 is 19.1 Å². The zero-order valence-corrected chi connectivity index (χ0v) is 16.8. The first kappa shape index (κ1) is 19.1. The number of para-hydroxylation sites is 2. The largest absolute Gasteiger partial charge is 0.492 e. The Kier molecular flexibility index (Phi) is 5.84. The highest BCUT2D eigenvalue weighted by molar-refractivity contribution is 5.93. The second kappa shape index (κ2) is 8.86. The zero-order valence-electron chi connectivity index (χ0n) is 16.8. The van der Waals surface area contributed by atoms with Crippen molar-refractivity contribution in [2.75, 3.05) is 37.7 Å². The molecule has 2 heterocycles. The lowest BCUT2D eigenvalue weighted by Gasteiger charge is -2.36. The number of aromatic nitrogens is 1. The van der Waals surface area contributed by atoms with Crippen molar-refractivity contribution >= 4 is 11.6 Å². The van der Waals surface area contributed by atoms with Crippen LogP contribution in [0.4, 0.5) is 5.69 Å². The lowest BCUT2D eigenvalue weighted by atomic mass is 10.2. The lowest BCUT2D eigenvalue weighted by molar-refractivity contribution is 0.0736. The Morgan fingerprint density at radius 1 is 0.897 bits per heavy atom. The van der Waals surface area contributed by atoms with Gasteiger partial charge >= 0.3 is 0 Å². The molecule has 0 radical (unpaired) electrons. The summed E-state index contributed by atoms with van der Waals surface area (Å²) in [6.45, 7) is 6.36. The van der Waals surface area contributed by atoms with Crippen molar-refractivity contribution in [2.45, 2.75) is 13.5 Å². The van der Waals surface area contributed by atoms with Gasteiger partial charge in [-0.1, -0.05) is 42.5 Å². The molecular formula is C24H27N3O2. The molecule has 1 aromatic heterocycles. The van der Waals surface area contributed by atoms with Crippen LogP contribution in [0.25, 0.3) is 0 Å².